The van der Waals surface area contributed by atoms with Crippen LogP contribution < -0.4 is 15.0 Å². The second-order valence-electron chi connectivity index (χ2n) is 10.5. The summed E-state index contributed by atoms with van der Waals surface area (Å²) in [7, 11) is 0. The van der Waals surface area contributed by atoms with E-state index in [4.69, 9.17) is 4.74 Å². The van der Waals surface area contributed by atoms with Crippen molar-refractivity contribution in [1.29, 1.82) is 0 Å². The van der Waals surface area contributed by atoms with Gasteiger partial charge in [-0.25, -0.2) is 19.7 Å². The van der Waals surface area contributed by atoms with E-state index in [9.17, 15) is 14.7 Å². The summed E-state index contributed by atoms with van der Waals surface area (Å²) >= 11 is 2.84. The molecule has 1 amide bonds. The van der Waals surface area contributed by atoms with Crippen LogP contribution in [-0.2, 0) is 19.4 Å². The lowest BCUT2D eigenvalue weighted by molar-refractivity contribution is 0.0690. The Morgan fingerprint density at radius 2 is 1.87 bits per heavy atom. The van der Waals surface area contributed by atoms with Crippen LogP contribution in [-0.4, -0.2) is 49.7 Å². The summed E-state index contributed by atoms with van der Waals surface area (Å²) in [6, 6.07) is 21.3. The fourth-order valence-electron chi connectivity index (χ4n) is 5.41. The molecule has 226 valence electrons. The number of para-hydroxylation sites is 1. The third-order valence-electron chi connectivity index (χ3n) is 7.65. The molecule has 0 aliphatic carbocycles. The highest BCUT2D eigenvalue weighted by atomic mass is 32.1. The van der Waals surface area contributed by atoms with Crippen LogP contribution >= 0.6 is 22.7 Å². The van der Waals surface area contributed by atoms with E-state index in [0.29, 0.717) is 53.2 Å². The Kier molecular flexibility index (Phi) is 7.97. The van der Waals surface area contributed by atoms with Gasteiger partial charge < -0.3 is 19.3 Å². The Labute approximate surface area is 266 Å². The Morgan fingerprint density at radius 3 is 2.67 bits per heavy atom. The predicted molar refractivity (Wildman–Crippen MR) is 175 cm³/mol. The lowest BCUT2D eigenvalue weighted by atomic mass is 9.94. The van der Waals surface area contributed by atoms with E-state index in [1.54, 1.807) is 12.5 Å². The normalized spacial score (nSPS) is 12.7. The van der Waals surface area contributed by atoms with Gasteiger partial charge in [-0.1, -0.05) is 35.6 Å². The van der Waals surface area contributed by atoms with Gasteiger partial charge in [-0.15, -0.1) is 11.3 Å². The molecule has 0 radical (unpaired) electrons. The molecule has 4 heterocycles. The van der Waals surface area contributed by atoms with Gasteiger partial charge in [0.2, 0.25) is 0 Å². The lowest BCUT2D eigenvalue weighted by Gasteiger charge is -2.29. The number of rotatable bonds is 10. The first-order valence-electron chi connectivity index (χ1n) is 14.5. The molecule has 0 bridgehead atoms. The molecule has 45 heavy (non-hydrogen) atoms. The molecule has 0 atom stereocenters. The average molecular weight is 637 g/mol. The van der Waals surface area contributed by atoms with E-state index in [1.807, 2.05) is 77.5 Å². The zero-order valence-electron chi connectivity index (χ0n) is 24.1. The molecule has 0 saturated carbocycles. The molecular formula is C33H28N6O4S2. The summed E-state index contributed by atoms with van der Waals surface area (Å²) in [6.45, 7) is 1.59. The fraction of sp³-hybridized carbons (Fsp3) is 0.182. The van der Waals surface area contributed by atoms with Crippen molar-refractivity contribution in [2.24, 2.45) is 0 Å². The van der Waals surface area contributed by atoms with Crippen LogP contribution in [0.1, 0.15) is 43.3 Å². The molecule has 0 unspecified atom stereocenters. The minimum Gasteiger partial charge on any atom is -0.494 e. The maximum atomic E-state index is 13.4. The van der Waals surface area contributed by atoms with Gasteiger partial charge in [0.05, 0.1) is 23.2 Å². The van der Waals surface area contributed by atoms with Crippen LogP contribution in [0.5, 0.6) is 5.75 Å². The molecule has 12 heteroatoms. The highest BCUT2D eigenvalue weighted by Gasteiger charge is 2.26. The Bertz CT molecular complexity index is 1950. The molecule has 0 spiro atoms. The molecule has 0 fully saturated rings. The quantitative estimate of drug-likeness (QED) is 0.164. The standard InChI is InChI=1S/C33H28N6O4S2/c40-30(37-32-35-26-7-1-2-8-27(26)44-32)24-6-3-5-21-14-16-38(19-25(21)24)33-36-29(31(41)42)28(45-33)9-4-18-43-23-12-10-22(11-13-23)39-17-15-34-20-39/h1-3,5-8,10-13,15,17,20H,4,9,14,16,18-19H2,(H,41,42)(H,35,37,40). The van der Waals surface area contributed by atoms with Crippen LogP contribution in [0.15, 0.2) is 85.5 Å². The molecule has 6 aromatic rings. The number of ether oxygens (including phenoxy) is 1. The number of aromatic carboxylic acids is 1. The molecule has 1 aliphatic heterocycles. The number of hydrogen-bond donors (Lipinski definition) is 2. The van der Waals surface area contributed by atoms with E-state index in [-0.39, 0.29) is 11.6 Å². The maximum Gasteiger partial charge on any atom is 0.355 e. The third kappa shape index (κ3) is 6.15. The van der Waals surface area contributed by atoms with E-state index < -0.39 is 5.97 Å². The van der Waals surface area contributed by atoms with Crippen molar-refractivity contribution in [2.45, 2.75) is 25.8 Å². The number of thiazole rings is 2. The number of carbonyl (C=O) groups excluding carboxylic acids is 1. The maximum absolute atomic E-state index is 13.4. The summed E-state index contributed by atoms with van der Waals surface area (Å²) < 4.78 is 8.84. The molecule has 0 saturated heterocycles. The second-order valence-corrected chi connectivity index (χ2v) is 12.6. The zero-order chi connectivity index (χ0) is 30.8. The Hall–Kier alpha value is -5.07. The fourth-order valence-corrected chi connectivity index (χ4v) is 7.39. The van der Waals surface area contributed by atoms with E-state index >= 15 is 0 Å². The second kappa shape index (κ2) is 12.5. The van der Waals surface area contributed by atoms with Gasteiger partial charge in [0.1, 0.15) is 5.75 Å². The number of anilines is 2. The van der Waals surface area contributed by atoms with Crippen LogP contribution in [0.4, 0.5) is 10.3 Å². The summed E-state index contributed by atoms with van der Waals surface area (Å²) in [5.74, 6) is -0.510. The smallest absolute Gasteiger partial charge is 0.355 e. The first-order valence-corrected chi connectivity index (χ1v) is 16.1. The molecular weight excluding hydrogens is 609 g/mol. The SMILES string of the molecule is O=C(Nc1nc2ccccc2s1)c1cccc2c1CN(c1nc(C(=O)O)c(CCCOc3ccc(-n4ccnc4)cc3)s1)CC2. The van der Waals surface area contributed by atoms with Gasteiger partial charge in [-0.2, -0.15) is 0 Å². The number of imidazole rings is 1. The number of carboxylic acids is 1. The number of carboxylic acid groups (broad SMARTS) is 1. The van der Waals surface area contributed by atoms with Gasteiger partial charge >= 0.3 is 5.97 Å². The van der Waals surface area contributed by atoms with Crippen LogP contribution in [0.2, 0.25) is 0 Å². The first kappa shape index (κ1) is 28.7. The van der Waals surface area contributed by atoms with Gasteiger partial charge in [0, 0.05) is 41.6 Å². The minimum absolute atomic E-state index is 0.0762. The minimum atomic E-state index is -1.04. The number of aryl methyl sites for hydroxylation is 1. The van der Waals surface area contributed by atoms with Gasteiger partial charge in [-0.3, -0.25) is 10.1 Å². The highest BCUT2D eigenvalue weighted by molar-refractivity contribution is 7.22. The number of aromatic nitrogens is 4. The molecule has 2 N–H and O–H groups in total. The number of fused-ring (bicyclic) bond motifs is 2. The molecule has 10 nitrogen and oxygen atoms in total. The van der Waals surface area contributed by atoms with Crippen molar-refractivity contribution in [3.05, 3.63) is 113 Å². The summed E-state index contributed by atoms with van der Waals surface area (Å²) in [4.78, 5) is 41.4. The molecule has 7 rings (SSSR count). The van der Waals surface area contributed by atoms with Crippen LogP contribution in [0.25, 0.3) is 15.9 Å². The number of hydrogen-bond acceptors (Lipinski definition) is 9. The number of nitrogens with zero attached hydrogens (tertiary/aromatic N) is 5. The summed E-state index contributed by atoms with van der Waals surface area (Å²) in [5, 5.41) is 14.1. The van der Waals surface area contributed by atoms with Crippen molar-refractivity contribution >= 4 is 55.0 Å². The van der Waals surface area contributed by atoms with Crippen LogP contribution in [0, 0.1) is 0 Å². The summed E-state index contributed by atoms with van der Waals surface area (Å²) in [6.07, 6.45) is 7.25. The third-order valence-corrected chi connectivity index (χ3v) is 9.78. The van der Waals surface area contributed by atoms with Crippen molar-refractivity contribution in [1.82, 2.24) is 19.5 Å². The Morgan fingerprint density at radius 1 is 1.00 bits per heavy atom. The van der Waals surface area contributed by atoms with Crippen LogP contribution in [0.3, 0.4) is 0 Å². The van der Waals surface area contributed by atoms with Crippen molar-refractivity contribution < 1.29 is 19.4 Å². The average Bonchev–Trinajstić information content (AvgIpc) is 3.83. The number of carbonyl (C=O) groups is 2. The lowest BCUT2D eigenvalue weighted by Crippen LogP contribution is -2.32. The number of benzene rings is 3. The topological polar surface area (TPSA) is 122 Å². The Balaban J connectivity index is 1.01. The van der Waals surface area contributed by atoms with Crippen molar-refractivity contribution in [2.75, 3.05) is 23.4 Å². The first-order chi connectivity index (χ1) is 22.0. The van der Waals surface area contributed by atoms with Gasteiger partial charge in [0.15, 0.2) is 16.0 Å². The number of nitrogens with one attached hydrogen (secondary N) is 1. The van der Waals surface area contributed by atoms with E-state index in [1.165, 1.54) is 22.7 Å². The monoisotopic (exact) mass is 636 g/mol. The molecule has 3 aromatic carbocycles. The predicted octanol–water partition coefficient (Wildman–Crippen LogP) is 6.46. The van der Waals surface area contributed by atoms with Crippen molar-refractivity contribution in [3.63, 3.8) is 0 Å². The van der Waals surface area contributed by atoms with Crippen molar-refractivity contribution in [3.8, 4) is 11.4 Å². The number of amides is 1. The largest absolute Gasteiger partial charge is 0.494 e. The van der Waals surface area contributed by atoms with E-state index in [2.05, 4.69) is 25.2 Å². The van der Waals surface area contributed by atoms with Gasteiger partial charge in [0.25, 0.3) is 5.91 Å². The van der Waals surface area contributed by atoms with E-state index in [0.717, 1.165) is 39.2 Å². The molecule has 1 aliphatic rings. The van der Waals surface area contributed by atoms with Gasteiger partial charge in [-0.05, 0) is 72.9 Å². The highest BCUT2D eigenvalue weighted by Crippen LogP contribution is 2.33. The zero-order valence-corrected chi connectivity index (χ0v) is 25.7. The summed E-state index contributed by atoms with van der Waals surface area (Å²) in [5.41, 5.74) is 4.52. The molecule has 3 aromatic heterocycles.